The molecular formula is C11H14ClNO4S2. The van der Waals surface area contributed by atoms with Gasteiger partial charge in [0.15, 0.2) is 9.84 Å². The Kier molecular flexibility index (Phi) is 3.92. The maximum absolute atomic E-state index is 12.4. The molecule has 0 spiro atoms. The fourth-order valence-corrected chi connectivity index (χ4v) is 5.13. The van der Waals surface area contributed by atoms with Gasteiger partial charge in [-0.25, -0.2) is 16.8 Å². The van der Waals surface area contributed by atoms with Crippen molar-refractivity contribution in [2.45, 2.75) is 16.6 Å². The Morgan fingerprint density at radius 1 is 1.21 bits per heavy atom. The molecular weight excluding hydrogens is 310 g/mol. The van der Waals surface area contributed by atoms with E-state index in [2.05, 4.69) is 0 Å². The van der Waals surface area contributed by atoms with E-state index < -0.39 is 25.1 Å². The van der Waals surface area contributed by atoms with Crippen LogP contribution in [0.2, 0.25) is 5.02 Å². The van der Waals surface area contributed by atoms with Gasteiger partial charge in [0.25, 0.3) is 0 Å². The number of benzene rings is 1. The topological polar surface area (TPSA) is 71.5 Å². The summed E-state index contributed by atoms with van der Waals surface area (Å²) >= 11 is 5.89. The Morgan fingerprint density at radius 2 is 1.84 bits per heavy atom. The molecule has 19 heavy (non-hydrogen) atoms. The molecule has 1 aromatic rings. The van der Waals surface area contributed by atoms with Gasteiger partial charge in [-0.15, -0.1) is 0 Å². The molecule has 1 aliphatic heterocycles. The van der Waals surface area contributed by atoms with Crippen LogP contribution < -0.4 is 0 Å². The van der Waals surface area contributed by atoms with Crippen molar-refractivity contribution >= 4 is 31.5 Å². The van der Waals surface area contributed by atoms with Crippen LogP contribution in [-0.2, 0) is 19.9 Å². The lowest BCUT2D eigenvalue weighted by Gasteiger charge is -2.17. The first-order valence-corrected chi connectivity index (χ1v) is 9.44. The molecule has 0 bridgehead atoms. The monoisotopic (exact) mass is 323 g/mol. The minimum atomic E-state index is -3.73. The van der Waals surface area contributed by atoms with Gasteiger partial charge in [-0.05, 0) is 18.6 Å². The zero-order chi connectivity index (χ0) is 14.3. The number of sulfone groups is 1. The quantitative estimate of drug-likeness (QED) is 0.836. The number of hydrogen-bond acceptors (Lipinski definition) is 4. The average Bonchev–Trinajstić information content (AvgIpc) is 2.78. The lowest BCUT2D eigenvalue weighted by molar-refractivity contribution is 0.477. The third kappa shape index (κ3) is 2.94. The van der Waals surface area contributed by atoms with E-state index >= 15 is 0 Å². The smallest absolute Gasteiger partial charge is 0.229 e. The van der Waals surface area contributed by atoms with Crippen molar-refractivity contribution in [1.82, 2.24) is 4.31 Å². The molecule has 1 aromatic carbocycles. The Hall–Kier alpha value is -0.630. The Bertz CT molecular complexity index is 684. The third-order valence-corrected chi connectivity index (χ3v) is 7.13. The molecule has 0 aromatic heterocycles. The standard InChI is InChI=1S/C11H14ClNO4S2/c1-18(14,15)9-6-7-13(8-9)19(16,17)11-5-3-2-4-10(11)12/h2-5,9H,6-8H2,1H3/t9-/m0/s1. The van der Waals surface area contributed by atoms with Crippen molar-refractivity contribution in [3.8, 4) is 0 Å². The molecule has 0 amide bonds. The van der Waals surface area contributed by atoms with Crippen LogP contribution in [0.25, 0.3) is 0 Å². The van der Waals surface area contributed by atoms with Gasteiger partial charge >= 0.3 is 0 Å². The summed E-state index contributed by atoms with van der Waals surface area (Å²) in [6.45, 7) is 0.192. The van der Waals surface area contributed by atoms with Crippen LogP contribution in [-0.4, -0.2) is 45.7 Å². The van der Waals surface area contributed by atoms with Gasteiger partial charge in [0.2, 0.25) is 10.0 Å². The second-order valence-electron chi connectivity index (χ2n) is 4.53. The molecule has 1 saturated heterocycles. The third-order valence-electron chi connectivity index (χ3n) is 3.17. The Labute approximate surface area is 118 Å². The van der Waals surface area contributed by atoms with Crippen LogP contribution in [0.3, 0.4) is 0 Å². The van der Waals surface area contributed by atoms with Crippen molar-refractivity contribution in [1.29, 1.82) is 0 Å². The minimum absolute atomic E-state index is 0.00755. The van der Waals surface area contributed by atoms with E-state index in [1.54, 1.807) is 12.1 Å². The largest absolute Gasteiger partial charge is 0.244 e. The van der Waals surface area contributed by atoms with Gasteiger partial charge in [-0.1, -0.05) is 23.7 Å². The Morgan fingerprint density at radius 3 is 2.37 bits per heavy atom. The molecule has 1 heterocycles. The van der Waals surface area contributed by atoms with Crippen molar-refractivity contribution in [3.05, 3.63) is 29.3 Å². The molecule has 2 rings (SSSR count). The van der Waals surface area contributed by atoms with E-state index in [1.807, 2.05) is 0 Å². The summed E-state index contributed by atoms with van der Waals surface area (Å²) < 4.78 is 48.9. The first kappa shape index (κ1) is 14.8. The highest BCUT2D eigenvalue weighted by molar-refractivity contribution is 7.91. The summed E-state index contributed by atoms with van der Waals surface area (Å²) in [7, 11) is -6.95. The second kappa shape index (κ2) is 5.05. The predicted octanol–water partition coefficient (Wildman–Crippen LogP) is 1.15. The van der Waals surface area contributed by atoms with Gasteiger partial charge in [0.1, 0.15) is 4.90 Å². The van der Waals surface area contributed by atoms with Gasteiger partial charge < -0.3 is 0 Å². The number of sulfonamides is 1. The van der Waals surface area contributed by atoms with Gasteiger partial charge in [0, 0.05) is 19.3 Å². The fraction of sp³-hybridized carbons (Fsp3) is 0.455. The zero-order valence-corrected chi connectivity index (χ0v) is 12.7. The summed E-state index contributed by atoms with van der Waals surface area (Å²) in [5.74, 6) is 0. The van der Waals surface area contributed by atoms with Crippen LogP contribution in [0, 0.1) is 0 Å². The normalized spacial score (nSPS) is 21.7. The highest BCUT2D eigenvalue weighted by atomic mass is 35.5. The van der Waals surface area contributed by atoms with E-state index in [4.69, 9.17) is 11.6 Å². The maximum atomic E-state index is 12.4. The highest BCUT2D eigenvalue weighted by Crippen LogP contribution is 2.28. The summed E-state index contributed by atoms with van der Waals surface area (Å²) in [5.41, 5.74) is 0. The van der Waals surface area contributed by atoms with E-state index in [9.17, 15) is 16.8 Å². The Balaban J connectivity index is 2.31. The van der Waals surface area contributed by atoms with Gasteiger partial charge in [-0.2, -0.15) is 4.31 Å². The van der Waals surface area contributed by atoms with E-state index in [0.29, 0.717) is 6.42 Å². The molecule has 1 aliphatic rings. The molecule has 106 valence electrons. The minimum Gasteiger partial charge on any atom is -0.229 e. The molecule has 0 N–H and O–H groups in total. The average molecular weight is 324 g/mol. The molecule has 0 aliphatic carbocycles. The highest BCUT2D eigenvalue weighted by Gasteiger charge is 2.37. The van der Waals surface area contributed by atoms with Crippen LogP contribution in [0.4, 0.5) is 0 Å². The molecule has 1 atom stereocenters. The van der Waals surface area contributed by atoms with Crippen LogP contribution in [0.5, 0.6) is 0 Å². The number of rotatable bonds is 3. The molecule has 5 nitrogen and oxygen atoms in total. The lowest BCUT2D eigenvalue weighted by Crippen LogP contribution is -2.31. The second-order valence-corrected chi connectivity index (χ2v) is 9.17. The first-order valence-electron chi connectivity index (χ1n) is 5.66. The van der Waals surface area contributed by atoms with Crippen molar-refractivity contribution in [2.24, 2.45) is 0 Å². The van der Waals surface area contributed by atoms with Crippen LogP contribution >= 0.6 is 11.6 Å². The van der Waals surface area contributed by atoms with E-state index in [1.165, 1.54) is 16.4 Å². The number of hydrogen-bond donors (Lipinski definition) is 0. The first-order chi connectivity index (χ1) is 8.73. The number of halogens is 1. The van der Waals surface area contributed by atoms with Crippen molar-refractivity contribution < 1.29 is 16.8 Å². The molecule has 1 fully saturated rings. The molecule has 0 unspecified atom stereocenters. The van der Waals surface area contributed by atoms with Gasteiger partial charge in [0.05, 0.1) is 10.3 Å². The molecule has 0 radical (unpaired) electrons. The summed E-state index contributed by atoms with van der Waals surface area (Å²) in [6, 6.07) is 6.15. The lowest BCUT2D eigenvalue weighted by atomic mass is 10.4. The van der Waals surface area contributed by atoms with E-state index in [0.717, 1.165) is 6.26 Å². The van der Waals surface area contributed by atoms with Gasteiger partial charge in [-0.3, -0.25) is 0 Å². The van der Waals surface area contributed by atoms with Crippen LogP contribution in [0.15, 0.2) is 29.2 Å². The van der Waals surface area contributed by atoms with Crippen molar-refractivity contribution in [3.63, 3.8) is 0 Å². The fourth-order valence-electron chi connectivity index (χ4n) is 2.06. The van der Waals surface area contributed by atoms with E-state index in [-0.39, 0.29) is 23.0 Å². The predicted molar refractivity (Wildman–Crippen MR) is 73.5 cm³/mol. The van der Waals surface area contributed by atoms with Crippen LogP contribution in [0.1, 0.15) is 6.42 Å². The SMILES string of the molecule is CS(=O)(=O)[C@H]1CCN(S(=O)(=O)c2ccccc2Cl)C1. The van der Waals surface area contributed by atoms with Crippen molar-refractivity contribution in [2.75, 3.05) is 19.3 Å². The summed E-state index contributed by atoms with van der Waals surface area (Å²) in [4.78, 5) is 0.0193. The number of nitrogens with zero attached hydrogens (tertiary/aromatic N) is 1. The summed E-state index contributed by atoms with van der Waals surface area (Å²) in [5, 5.41) is -0.491. The molecule has 8 heteroatoms. The molecule has 0 saturated carbocycles. The zero-order valence-electron chi connectivity index (χ0n) is 10.3. The summed E-state index contributed by atoms with van der Waals surface area (Å²) in [6.07, 6.45) is 1.45. The maximum Gasteiger partial charge on any atom is 0.244 e.